The minimum absolute atomic E-state index is 0.344. The maximum absolute atomic E-state index is 10.8. The molecule has 0 spiro atoms. The molecule has 1 N–H and O–H groups in total. The predicted octanol–water partition coefficient (Wildman–Crippen LogP) is 0.710. The summed E-state index contributed by atoms with van der Waals surface area (Å²) in [5.74, 6) is -0.344. The van der Waals surface area contributed by atoms with E-state index in [1.165, 1.54) is 7.11 Å². The predicted molar refractivity (Wildman–Crippen MR) is 38.6 cm³/mol. The number of nitrogens with zero attached hydrogens (tertiary/aromatic N) is 1. The van der Waals surface area contributed by atoms with Gasteiger partial charge in [0.1, 0.15) is 0 Å². The van der Waals surface area contributed by atoms with Crippen LogP contribution in [0.15, 0.2) is 16.8 Å². The molecule has 0 bridgehead atoms. The Bertz CT molecular complexity index is 230. The van der Waals surface area contributed by atoms with Crippen molar-refractivity contribution in [3.05, 3.63) is 11.6 Å². The maximum Gasteiger partial charge on any atom is 0.333 e. The van der Waals surface area contributed by atoms with Crippen LogP contribution in [-0.2, 0) is 9.53 Å². The smallest absolute Gasteiger partial charge is 0.333 e. The molecule has 60 valence electrons. The second-order valence-electron chi connectivity index (χ2n) is 2.25. The van der Waals surface area contributed by atoms with Gasteiger partial charge >= 0.3 is 5.97 Å². The zero-order chi connectivity index (χ0) is 8.27. The SMILES string of the molecule is COC(=O)C1=C/C(=N/O)CC1. The summed E-state index contributed by atoms with van der Waals surface area (Å²) in [5.41, 5.74) is 1.10. The van der Waals surface area contributed by atoms with Crippen LogP contribution in [0.4, 0.5) is 0 Å². The van der Waals surface area contributed by atoms with Gasteiger partial charge in [0.15, 0.2) is 0 Å². The Morgan fingerprint density at radius 3 is 2.91 bits per heavy atom. The molecule has 1 aliphatic rings. The summed E-state index contributed by atoms with van der Waals surface area (Å²) in [6.07, 6.45) is 2.76. The monoisotopic (exact) mass is 155 g/mol. The van der Waals surface area contributed by atoms with Gasteiger partial charge in [0.05, 0.1) is 12.8 Å². The van der Waals surface area contributed by atoms with Gasteiger partial charge in [-0.15, -0.1) is 0 Å². The normalized spacial score (nSPS) is 20.1. The van der Waals surface area contributed by atoms with Crippen LogP contribution < -0.4 is 0 Å². The molecule has 0 aromatic heterocycles. The van der Waals surface area contributed by atoms with Crippen molar-refractivity contribution in [2.24, 2.45) is 5.16 Å². The topological polar surface area (TPSA) is 58.9 Å². The molecule has 0 atom stereocenters. The number of ether oxygens (including phenoxy) is 1. The molecule has 0 amide bonds. The highest BCUT2D eigenvalue weighted by atomic mass is 16.5. The van der Waals surface area contributed by atoms with Gasteiger partial charge in [-0.2, -0.15) is 0 Å². The first-order valence-electron chi connectivity index (χ1n) is 3.27. The highest BCUT2D eigenvalue weighted by molar-refractivity contribution is 6.05. The molecule has 0 unspecified atom stereocenters. The van der Waals surface area contributed by atoms with E-state index in [0.717, 1.165) is 0 Å². The minimum atomic E-state index is -0.344. The summed E-state index contributed by atoms with van der Waals surface area (Å²) in [6, 6.07) is 0. The van der Waals surface area contributed by atoms with Crippen LogP contribution in [0.2, 0.25) is 0 Å². The van der Waals surface area contributed by atoms with Crippen molar-refractivity contribution < 1.29 is 14.7 Å². The van der Waals surface area contributed by atoms with Crippen LogP contribution in [0.25, 0.3) is 0 Å². The van der Waals surface area contributed by atoms with Crippen LogP contribution in [0.1, 0.15) is 12.8 Å². The first kappa shape index (κ1) is 7.78. The quantitative estimate of drug-likeness (QED) is 0.344. The van der Waals surface area contributed by atoms with E-state index in [0.29, 0.717) is 24.1 Å². The number of hydrogen-bond donors (Lipinski definition) is 1. The standard InChI is InChI=1S/C7H9NO3/c1-11-7(9)5-2-3-6(4-5)8-10/h4,10H,2-3H2,1H3/b8-6+. The number of hydrogen-bond acceptors (Lipinski definition) is 4. The van der Waals surface area contributed by atoms with Crippen LogP contribution in [0.3, 0.4) is 0 Å². The van der Waals surface area contributed by atoms with Gasteiger partial charge < -0.3 is 9.94 Å². The van der Waals surface area contributed by atoms with Gasteiger partial charge in [0.2, 0.25) is 0 Å². The zero-order valence-electron chi connectivity index (χ0n) is 6.20. The van der Waals surface area contributed by atoms with Crippen LogP contribution >= 0.6 is 0 Å². The summed E-state index contributed by atoms with van der Waals surface area (Å²) in [5, 5.41) is 11.3. The second-order valence-corrected chi connectivity index (χ2v) is 2.25. The van der Waals surface area contributed by atoms with Gasteiger partial charge in [0, 0.05) is 5.57 Å². The second kappa shape index (κ2) is 3.18. The van der Waals surface area contributed by atoms with E-state index in [2.05, 4.69) is 9.89 Å². The molecule has 0 saturated heterocycles. The molecule has 0 radical (unpaired) electrons. The lowest BCUT2D eigenvalue weighted by atomic mass is 10.2. The Balaban J connectivity index is 2.70. The molecule has 4 nitrogen and oxygen atoms in total. The first-order chi connectivity index (χ1) is 5.27. The third kappa shape index (κ3) is 1.58. The van der Waals surface area contributed by atoms with Crippen molar-refractivity contribution in [1.82, 2.24) is 0 Å². The zero-order valence-corrected chi connectivity index (χ0v) is 6.20. The van der Waals surface area contributed by atoms with Gasteiger partial charge in [-0.05, 0) is 18.9 Å². The van der Waals surface area contributed by atoms with Crippen molar-refractivity contribution >= 4 is 11.7 Å². The Morgan fingerprint density at radius 1 is 1.73 bits per heavy atom. The van der Waals surface area contributed by atoms with E-state index in [4.69, 9.17) is 5.21 Å². The third-order valence-electron chi connectivity index (χ3n) is 1.57. The Morgan fingerprint density at radius 2 is 2.45 bits per heavy atom. The molecular weight excluding hydrogens is 146 g/mol. The molecule has 0 aromatic carbocycles. The van der Waals surface area contributed by atoms with E-state index in [1.54, 1.807) is 6.08 Å². The number of esters is 1. The molecule has 0 aromatic rings. The van der Waals surface area contributed by atoms with E-state index < -0.39 is 0 Å². The van der Waals surface area contributed by atoms with Crippen LogP contribution in [0.5, 0.6) is 0 Å². The molecule has 0 heterocycles. The lowest BCUT2D eigenvalue weighted by Gasteiger charge is -1.95. The van der Waals surface area contributed by atoms with E-state index in [9.17, 15) is 4.79 Å². The van der Waals surface area contributed by atoms with E-state index in [1.807, 2.05) is 0 Å². The molecule has 0 fully saturated rings. The summed E-state index contributed by atoms with van der Waals surface area (Å²) in [6.45, 7) is 0. The minimum Gasteiger partial charge on any atom is -0.466 e. The highest BCUT2D eigenvalue weighted by Crippen LogP contribution is 2.16. The van der Waals surface area contributed by atoms with Gasteiger partial charge in [0.25, 0.3) is 0 Å². The number of allylic oxidation sites excluding steroid dienone is 1. The number of rotatable bonds is 1. The van der Waals surface area contributed by atoms with Crippen molar-refractivity contribution in [2.45, 2.75) is 12.8 Å². The summed E-state index contributed by atoms with van der Waals surface area (Å²) >= 11 is 0. The highest BCUT2D eigenvalue weighted by Gasteiger charge is 2.17. The fourth-order valence-corrected chi connectivity index (χ4v) is 0.979. The lowest BCUT2D eigenvalue weighted by Crippen LogP contribution is -2.01. The fourth-order valence-electron chi connectivity index (χ4n) is 0.979. The molecule has 1 rings (SSSR count). The van der Waals surface area contributed by atoms with Gasteiger partial charge in [-0.3, -0.25) is 0 Å². The Kier molecular flexibility index (Phi) is 2.25. The van der Waals surface area contributed by atoms with Crippen LogP contribution in [-0.4, -0.2) is 24.0 Å². The number of carbonyl (C=O) groups is 1. The van der Waals surface area contributed by atoms with Crippen molar-refractivity contribution in [3.63, 3.8) is 0 Å². The molecule has 11 heavy (non-hydrogen) atoms. The Hall–Kier alpha value is -1.32. The lowest BCUT2D eigenvalue weighted by molar-refractivity contribution is -0.136. The summed E-state index contributed by atoms with van der Waals surface area (Å²) in [7, 11) is 1.33. The van der Waals surface area contributed by atoms with Gasteiger partial charge in [-0.1, -0.05) is 5.16 Å². The third-order valence-corrected chi connectivity index (χ3v) is 1.57. The maximum atomic E-state index is 10.8. The fraction of sp³-hybridized carbons (Fsp3) is 0.429. The van der Waals surface area contributed by atoms with E-state index >= 15 is 0 Å². The summed E-state index contributed by atoms with van der Waals surface area (Å²) in [4.78, 5) is 10.8. The molecule has 0 aliphatic heterocycles. The average Bonchev–Trinajstić information content (AvgIpc) is 2.50. The van der Waals surface area contributed by atoms with E-state index in [-0.39, 0.29) is 5.97 Å². The molecule has 4 heteroatoms. The largest absolute Gasteiger partial charge is 0.466 e. The van der Waals surface area contributed by atoms with Gasteiger partial charge in [-0.25, -0.2) is 4.79 Å². The molecule has 1 aliphatic carbocycles. The van der Waals surface area contributed by atoms with Crippen LogP contribution in [0, 0.1) is 0 Å². The number of carbonyl (C=O) groups excluding carboxylic acids is 1. The summed E-state index contributed by atoms with van der Waals surface area (Å²) < 4.78 is 4.48. The molecular formula is C7H9NO3. The number of oxime groups is 1. The van der Waals surface area contributed by atoms with Crippen molar-refractivity contribution in [2.75, 3.05) is 7.11 Å². The molecule has 0 saturated carbocycles. The van der Waals surface area contributed by atoms with Crippen molar-refractivity contribution in [3.8, 4) is 0 Å². The van der Waals surface area contributed by atoms with Crippen molar-refractivity contribution in [1.29, 1.82) is 0 Å². The first-order valence-corrected chi connectivity index (χ1v) is 3.27. The average molecular weight is 155 g/mol. The Labute approximate surface area is 64.2 Å². The number of methoxy groups -OCH3 is 1.